The Bertz CT molecular complexity index is 1820. The summed E-state index contributed by atoms with van der Waals surface area (Å²) in [5, 5.41) is 12.2. The molecule has 5 rings (SSSR count). The second-order valence-corrected chi connectivity index (χ2v) is 12.9. The lowest BCUT2D eigenvalue weighted by Crippen LogP contribution is -2.43. The number of nitro benzene ring substituents is 1. The van der Waals surface area contributed by atoms with Crippen LogP contribution in [0.3, 0.4) is 0 Å². The van der Waals surface area contributed by atoms with Gasteiger partial charge < -0.3 is 42.9 Å². The number of amides is 1. The molecule has 1 N–H and O–H groups in total. The molecule has 0 spiro atoms. The Morgan fingerprint density at radius 2 is 1.64 bits per heavy atom. The first-order valence-electron chi connectivity index (χ1n) is 16.6. The Balaban J connectivity index is 1.03. The van der Waals surface area contributed by atoms with Crippen LogP contribution < -0.4 is 15.0 Å². The summed E-state index contributed by atoms with van der Waals surface area (Å²) < 4.78 is 36.1. The average Bonchev–Trinajstić information content (AvgIpc) is 3.58. The number of H-pyrrole nitrogens is 1. The molecule has 14 nitrogen and oxygen atoms in total. The van der Waals surface area contributed by atoms with Crippen LogP contribution in [0.2, 0.25) is 0 Å². The molecule has 1 aliphatic heterocycles. The summed E-state index contributed by atoms with van der Waals surface area (Å²) in [6, 6.07) is 13.2. The van der Waals surface area contributed by atoms with Gasteiger partial charge in [0.25, 0.3) is 11.2 Å². The smallest absolute Gasteiger partial charge is 0.410 e. The summed E-state index contributed by atoms with van der Waals surface area (Å²) in [4.78, 5) is 40.6. The number of aromatic nitrogens is 2. The molecule has 1 amide bonds. The molecule has 0 bridgehead atoms. The number of aryl methyl sites for hydroxylation is 1. The van der Waals surface area contributed by atoms with Crippen molar-refractivity contribution in [1.82, 2.24) is 14.5 Å². The molecular formula is C36H44N4O10. The topological polar surface area (TPSA) is 157 Å². The van der Waals surface area contributed by atoms with Crippen molar-refractivity contribution in [2.45, 2.75) is 45.3 Å². The first-order chi connectivity index (χ1) is 24.0. The van der Waals surface area contributed by atoms with Crippen molar-refractivity contribution in [2.24, 2.45) is 7.05 Å². The zero-order valence-corrected chi connectivity index (χ0v) is 28.8. The number of nitro groups is 1. The van der Waals surface area contributed by atoms with Crippen LogP contribution in [0.4, 0.5) is 10.5 Å². The lowest BCUT2D eigenvalue weighted by atomic mass is 10.0. The molecule has 1 aliphatic rings. The zero-order valence-electron chi connectivity index (χ0n) is 28.8. The molecule has 4 aromatic rings. The van der Waals surface area contributed by atoms with Crippen LogP contribution in [0.5, 0.6) is 17.2 Å². The van der Waals surface area contributed by atoms with Crippen LogP contribution in [-0.2, 0) is 26.0 Å². The van der Waals surface area contributed by atoms with Crippen LogP contribution in [0.15, 0.2) is 65.7 Å². The second-order valence-electron chi connectivity index (χ2n) is 12.9. The van der Waals surface area contributed by atoms with Crippen LogP contribution in [0.25, 0.3) is 22.0 Å². The van der Waals surface area contributed by atoms with Crippen molar-refractivity contribution in [3.8, 4) is 28.4 Å². The Kier molecular flexibility index (Phi) is 12.1. The number of aromatic amines is 1. The van der Waals surface area contributed by atoms with E-state index in [0.717, 1.165) is 12.8 Å². The van der Waals surface area contributed by atoms with E-state index in [2.05, 4.69) is 4.98 Å². The summed E-state index contributed by atoms with van der Waals surface area (Å²) in [6.45, 7) is 9.23. The number of ether oxygens (including phenoxy) is 6. The van der Waals surface area contributed by atoms with E-state index in [0.29, 0.717) is 92.0 Å². The molecule has 0 aliphatic carbocycles. The SMILES string of the molecule is Cn1cc(-c2cc([N+](=O)[O-])ccc2Oc2cccc(OCCOCCOCCOC3CCN(C(=O)OC(C)(C)C)CC3)c2)c2cc[nH]c2c1=O. The summed E-state index contributed by atoms with van der Waals surface area (Å²) >= 11 is 0. The van der Waals surface area contributed by atoms with Gasteiger partial charge >= 0.3 is 6.09 Å². The molecule has 3 heterocycles. The van der Waals surface area contributed by atoms with Crippen LogP contribution >= 0.6 is 0 Å². The number of hydrogen-bond donors (Lipinski definition) is 1. The second kappa shape index (κ2) is 16.7. The predicted octanol–water partition coefficient (Wildman–Crippen LogP) is 6.06. The van der Waals surface area contributed by atoms with E-state index in [1.807, 2.05) is 20.8 Å². The van der Waals surface area contributed by atoms with Crippen molar-refractivity contribution >= 4 is 22.7 Å². The molecule has 0 atom stereocenters. The fraction of sp³-hybridized carbons (Fsp3) is 0.444. The van der Waals surface area contributed by atoms with Gasteiger partial charge in [0, 0.05) is 67.2 Å². The number of carbonyl (C=O) groups excluding carboxylic acids is 1. The number of nitrogens with zero attached hydrogens (tertiary/aromatic N) is 3. The highest BCUT2D eigenvalue weighted by molar-refractivity contribution is 5.96. The van der Waals surface area contributed by atoms with Crippen LogP contribution in [0.1, 0.15) is 33.6 Å². The molecule has 14 heteroatoms. The van der Waals surface area contributed by atoms with Crippen LogP contribution in [0, 0.1) is 10.1 Å². The monoisotopic (exact) mass is 692 g/mol. The number of fused-ring (bicyclic) bond motifs is 1. The van der Waals surface area contributed by atoms with Crippen LogP contribution in [-0.4, -0.2) is 89.9 Å². The van der Waals surface area contributed by atoms with E-state index < -0.39 is 10.5 Å². The molecular weight excluding hydrogens is 648 g/mol. The average molecular weight is 693 g/mol. The van der Waals surface area contributed by atoms with Gasteiger partial charge in [0.15, 0.2) is 0 Å². The third-order valence-corrected chi connectivity index (χ3v) is 7.93. The van der Waals surface area contributed by atoms with Gasteiger partial charge in [-0.3, -0.25) is 14.9 Å². The number of hydrogen-bond acceptors (Lipinski definition) is 10. The molecule has 50 heavy (non-hydrogen) atoms. The minimum atomic E-state index is -0.503. The predicted molar refractivity (Wildman–Crippen MR) is 186 cm³/mol. The number of nitrogens with one attached hydrogen (secondary N) is 1. The highest BCUT2D eigenvalue weighted by Crippen LogP contribution is 2.39. The van der Waals surface area contributed by atoms with Crippen molar-refractivity contribution in [3.63, 3.8) is 0 Å². The quantitative estimate of drug-likeness (QED) is 0.0882. The number of pyridine rings is 1. The van der Waals surface area contributed by atoms with Crippen molar-refractivity contribution in [1.29, 1.82) is 0 Å². The van der Waals surface area contributed by atoms with Crippen molar-refractivity contribution in [2.75, 3.05) is 52.7 Å². The molecule has 268 valence electrons. The minimum absolute atomic E-state index is 0.0989. The van der Waals surface area contributed by atoms with E-state index >= 15 is 0 Å². The van der Waals surface area contributed by atoms with Gasteiger partial charge in [0.1, 0.15) is 35.0 Å². The highest BCUT2D eigenvalue weighted by atomic mass is 16.6. The lowest BCUT2D eigenvalue weighted by molar-refractivity contribution is -0.384. The van der Waals surface area contributed by atoms with E-state index in [1.165, 1.54) is 16.7 Å². The van der Waals surface area contributed by atoms with Gasteiger partial charge in [0.2, 0.25) is 0 Å². The maximum atomic E-state index is 12.6. The Morgan fingerprint density at radius 3 is 2.36 bits per heavy atom. The maximum Gasteiger partial charge on any atom is 0.410 e. The summed E-state index contributed by atoms with van der Waals surface area (Å²) in [5.74, 6) is 1.42. The van der Waals surface area contributed by atoms with Gasteiger partial charge in [-0.25, -0.2) is 4.79 Å². The number of rotatable bonds is 15. The first kappa shape index (κ1) is 36.4. The van der Waals surface area contributed by atoms with Gasteiger partial charge in [-0.05, 0) is 57.9 Å². The molecule has 1 fully saturated rings. The molecule has 0 saturated carbocycles. The normalized spacial score (nSPS) is 13.8. The van der Waals surface area contributed by atoms with Gasteiger partial charge in [-0.2, -0.15) is 0 Å². The van der Waals surface area contributed by atoms with Crippen molar-refractivity contribution < 1.29 is 38.1 Å². The van der Waals surface area contributed by atoms with E-state index in [1.54, 1.807) is 60.7 Å². The van der Waals surface area contributed by atoms with Crippen molar-refractivity contribution in [3.05, 3.63) is 81.4 Å². The molecule has 2 aromatic carbocycles. The number of piperidine rings is 1. The maximum absolute atomic E-state index is 12.6. The lowest BCUT2D eigenvalue weighted by Gasteiger charge is -2.33. The summed E-state index contributed by atoms with van der Waals surface area (Å²) in [6.07, 6.45) is 4.65. The molecule has 0 radical (unpaired) electrons. The van der Waals surface area contributed by atoms with Gasteiger partial charge in [-0.15, -0.1) is 0 Å². The Hall–Kier alpha value is -4.92. The third-order valence-electron chi connectivity index (χ3n) is 7.93. The number of likely N-dealkylation sites (tertiary alicyclic amines) is 1. The first-order valence-corrected chi connectivity index (χ1v) is 16.6. The Morgan fingerprint density at radius 1 is 0.940 bits per heavy atom. The zero-order chi connectivity index (χ0) is 35.7. The minimum Gasteiger partial charge on any atom is -0.491 e. The van der Waals surface area contributed by atoms with E-state index in [-0.39, 0.29) is 23.4 Å². The third kappa shape index (κ3) is 9.83. The number of carbonyl (C=O) groups is 1. The Labute approximate surface area is 289 Å². The number of non-ortho nitro benzene ring substituents is 1. The fourth-order valence-electron chi connectivity index (χ4n) is 5.51. The standard InChI is InChI=1S/C36H44N4O10/c1-36(2,3)50-35(42)39-14-11-26(12-15-39)47-20-18-45-16-17-46-19-21-48-27-6-5-7-28(23-27)49-32-9-8-25(40(43)44)22-30(32)31-24-38(4)34(41)33-29(31)10-13-37-33/h5-10,13,22-24,26,37H,11-12,14-21H2,1-4H3. The highest BCUT2D eigenvalue weighted by Gasteiger charge is 2.27. The number of benzene rings is 2. The van der Waals surface area contributed by atoms with Gasteiger partial charge in [0.05, 0.1) is 44.1 Å². The largest absolute Gasteiger partial charge is 0.491 e. The molecule has 1 saturated heterocycles. The van der Waals surface area contributed by atoms with E-state index in [4.69, 9.17) is 28.4 Å². The molecule has 2 aromatic heterocycles. The summed E-state index contributed by atoms with van der Waals surface area (Å²) in [7, 11) is 1.63. The fourth-order valence-corrected chi connectivity index (χ4v) is 5.51. The summed E-state index contributed by atoms with van der Waals surface area (Å²) in [5.41, 5.74) is 0.659. The van der Waals surface area contributed by atoms with E-state index in [9.17, 15) is 19.7 Å². The van der Waals surface area contributed by atoms with Gasteiger partial charge in [-0.1, -0.05) is 6.07 Å². The molecule has 0 unspecified atom stereocenters.